The molecule has 0 aromatic heterocycles. The molecule has 2 rings (SSSR count). The van der Waals surface area contributed by atoms with E-state index < -0.39 is 11.9 Å². The normalized spacial score (nSPS) is 12.1. The predicted octanol–water partition coefficient (Wildman–Crippen LogP) is 0.293. The Balaban J connectivity index is 1.83. The highest BCUT2D eigenvalue weighted by atomic mass is 16.6. The quantitative estimate of drug-likeness (QED) is 0.623. The summed E-state index contributed by atoms with van der Waals surface area (Å²) >= 11 is 0. The van der Waals surface area contributed by atoms with Gasteiger partial charge in [0.1, 0.15) is 13.2 Å². The summed E-state index contributed by atoms with van der Waals surface area (Å²) in [6, 6.07) is 5.23. The summed E-state index contributed by atoms with van der Waals surface area (Å²) < 4.78 is 15.7. The summed E-state index contributed by atoms with van der Waals surface area (Å²) in [5.41, 5.74) is 0.730. The number of carbonyl (C=O) groups excluding carboxylic acids is 2. The monoisotopic (exact) mass is 289 g/mol. The number of nitrogens with one attached hydrogen (secondary N) is 1. The molecule has 1 heterocycles. The van der Waals surface area contributed by atoms with Gasteiger partial charge in [0.2, 0.25) is 0 Å². The number of rotatable bonds is 5. The highest BCUT2D eigenvalue weighted by Gasteiger charge is 2.14. The molecule has 0 atom stereocenters. The van der Waals surface area contributed by atoms with Crippen molar-refractivity contribution in [1.82, 2.24) is 5.32 Å². The molecule has 0 fully saturated rings. The zero-order valence-corrected chi connectivity index (χ0v) is 11.4. The van der Waals surface area contributed by atoms with Crippen LogP contribution in [0.1, 0.15) is 5.56 Å². The Morgan fingerprint density at radius 1 is 1.29 bits per heavy atom. The van der Waals surface area contributed by atoms with Crippen molar-refractivity contribution in [2.45, 2.75) is 6.42 Å². The van der Waals surface area contributed by atoms with E-state index in [1.807, 2.05) is 0 Å². The van der Waals surface area contributed by atoms with Crippen molar-refractivity contribution in [2.75, 3.05) is 26.4 Å². The fraction of sp³-hybridized carbons (Fsp3) is 0.333. The van der Waals surface area contributed by atoms with E-state index in [0.717, 1.165) is 5.56 Å². The first-order chi connectivity index (χ1) is 10.2. The molecule has 1 amide bonds. The molecular weight excluding hydrogens is 274 g/mol. The van der Waals surface area contributed by atoms with Crippen molar-refractivity contribution in [1.29, 1.82) is 0 Å². The van der Waals surface area contributed by atoms with Crippen molar-refractivity contribution in [3.63, 3.8) is 0 Å². The number of amides is 1. The standard InChI is InChI=1S/C15H15NO5/c1-2-5-16-14(17)10-21-15(18)9-11-3-4-12-13(8-11)20-7-6-19-12/h1,3-4,8H,5-7,9-10H2,(H,16,17). The van der Waals surface area contributed by atoms with Crippen molar-refractivity contribution in [3.05, 3.63) is 23.8 Å². The summed E-state index contributed by atoms with van der Waals surface area (Å²) in [6.07, 6.45) is 5.05. The molecule has 21 heavy (non-hydrogen) atoms. The van der Waals surface area contributed by atoms with Crippen LogP contribution in [-0.2, 0) is 20.7 Å². The summed E-state index contributed by atoms with van der Waals surface area (Å²) in [7, 11) is 0. The van der Waals surface area contributed by atoms with Gasteiger partial charge in [-0.2, -0.15) is 0 Å². The van der Waals surface area contributed by atoms with Crippen molar-refractivity contribution < 1.29 is 23.8 Å². The lowest BCUT2D eigenvalue weighted by Crippen LogP contribution is -2.29. The van der Waals surface area contributed by atoms with E-state index in [0.29, 0.717) is 24.7 Å². The van der Waals surface area contributed by atoms with Gasteiger partial charge < -0.3 is 19.5 Å². The Morgan fingerprint density at radius 2 is 2.05 bits per heavy atom. The van der Waals surface area contributed by atoms with Crippen molar-refractivity contribution in [2.24, 2.45) is 0 Å². The van der Waals surface area contributed by atoms with Crippen LogP contribution in [0.2, 0.25) is 0 Å². The Morgan fingerprint density at radius 3 is 2.81 bits per heavy atom. The van der Waals surface area contributed by atoms with Crippen LogP contribution in [0, 0.1) is 12.3 Å². The van der Waals surface area contributed by atoms with E-state index in [2.05, 4.69) is 11.2 Å². The van der Waals surface area contributed by atoms with Gasteiger partial charge in [0.05, 0.1) is 13.0 Å². The van der Waals surface area contributed by atoms with Crippen LogP contribution in [0.25, 0.3) is 0 Å². The SMILES string of the molecule is C#CCNC(=O)COC(=O)Cc1ccc2c(c1)OCCO2. The first kappa shape index (κ1) is 14.7. The molecule has 1 aliphatic rings. The summed E-state index contributed by atoms with van der Waals surface area (Å²) in [4.78, 5) is 22.9. The third kappa shape index (κ3) is 4.42. The number of terminal acetylenes is 1. The molecule has 0 aliphatic carbocycles. The molecule has 0 saturated heterocycles. The highest BCUT2D eigenvalue weighted by Crippen LogP contribution is 2.30. The van der Waals surface area contributed by atoms with Gasteiger partial charge >= 0.3 is 5.97 Å². The minimum Gasteiger partial charge on any atom is -0.486 e. The van der Waals surface area contributed by atoms with Crippen LogP contribution in [0.15, 0.2) is 18.2 Å². The molecule has 1 aromatic rings. The van der Waals surface area contributed by atoms with E-state index >= 15 is 0 Å². The Hall–Kier alpha value is -2.68. The minimum atomic E-state index is -0.498. The first-order valence-corrected chi connectivity index (χ1v) is 6.43. The van der Waals surface area contributed by atoms with Crippen molar-refractivity contribution >= 4 is 11.9 Å². The zero-order chi connectivity index (χ0) is 15.1. The Labute approximate surface area is 122 Å². The fourth-order valence-corrected chi connectivity index (χ4v) is 1.76. The van der Waals surface area contributed by atoms with Crippen LogP contribution < -0.4 is 14.8 Å². The maximum Gasteiger partial charge on any atom is 0.310 e. The fourth-order valence-electron chi connectivity index (χ4n) is 1.76. The molecule has 1 N–H and O–H groups in total. The van der Waals surface area contributed by atoms with Gasteiger partial charge in [-0.1, -0.05) is 12.0 Å². The van der Waals surface area contributed by atoms with E-state index in [4.69, 9.17) is 20.6 Å². The number of carbonyl (C=O) groups is 2. The number of hydrogen-bond donors (Lipinski definition) is 1. The van der Waals surface area contributed by atoms with E-state index in [9.17, 15) is 9.59 Å². The van der Waals surface area contributed by atoms with Gasteiger partial charge in [-0.15, -0.1) is 6.42 Å². The third-order valence-corrected chi connectivity index (χ3v) is 2.71. The molecule has 0 saturated carbocycles. The average molecular weight is 289 g/mol. The maximum atomic E-state index is 11.6. The third-order valence-electron chi connectivity index (χ3n) is 2.71. The van der Waals surface area contributed by atoms with Crippen LogP contribution in [0.4, 0.5) is 0 Å². The average Bonchev–Trinajstić information content (AvgIpc) is 2.50. The minimum absolute atomic E-state index is 0.0546. The molecule has 6 heteroatoms. The lowest BCUT2D eigenvalue weighted by atomic mass is 10.1. The number of hydrogen-bond acceptors (Lipinski definition) is 5. The van der Waals surface area contributed by atoms with Crippen LogP contribution in [0.3, 0.4) is 0 Å². The number of fused-ring (bicyclic) bond motifs is 1. The largest absolute Gasteiger partial charge is 0.486 e. The van der Waals surface area contributed by atoms with Gasteiger partial charge in [0.25, 0.3) is 5.91 Å². The number of esters is 1. The Bertz CT molecular complexity index is 576. The lowest BCUT2D eigenvalue weighted by Gasteiger charge is -2.18. The van der Waals surface area contributed by atoms with E-state index in [1.165, 1.54) is 0 Å². The van der Waals surface area contributed by atoms with E-state index in [1.54, 1.807) is 18.2 Å². The second kappa shape index (κ2) is 7.20. The molecule has 1 aromatic carbocycles. The zero-order valence-electron chi connectivity index (χ0n) is 11.4. The van der Waals surface area contributed by atoms with Crippen molar-refractivity contribution in [3.8, 4) is 23.8 Å². The molecule has 0 bridgehead atoms. The second-order valence-electron chi connectivity index (χ2n) is 4.30. The first-order valence-electron chi connectivity index (χ1n) is 6.43. The molecule has 6 nitrogen and oxygen atoms in total. The summed E-state index contributed by atoms with van der Waals surface area (Å²) in [5.74, 6) is 2.60. The van der Waals surface area contributed by atoms with Crippen LogP contribution >= 0.6 is 0 Å². The maximum absolute atomic E-state index is 11.6. The van der Waals surface area contributed by atoms with Gasteiger partial charge in [0, 0.05) is 0 Å². The van der Waals surface area contributed by atoms with E-state index in [-0.39, 0.29) is 19.6 Å². The molecule has 0 spiro atoms. The number of ether oxygens (including phenoxy) is 3. The van der Waals surface area contributed by atoms with Crippen LogP contribution in [-0.4, -0.2) is 38.2 Å². The predicted molar refractivity (Wildman–Crippen MR) is 73.9 cm³/mol. The van der Waals surface area contributed by atoms with Gasteiger partial charge in [-0.05, 0) is 17.7 Å². The smallest absolute Gasteiger partial charge is 0.310 e. The molecule has 1 aliphatic heterocycles. The number of benzene rings is 1. The second-order valence-corrected chi connectivity index (χ2v) is 4.30. The van der Waals surface area contributed by atoms with Gasteiger partial charge in [-0.25, -0.2) is 0 Å². The highest BCUT2D eigenvalue weighted by molar-refractivity contribution is 5.81. The topological polar surface area (TPSA) is 73.9 Å². The molecule has 0 radical (unpaired) electrons. The van der Waals surface area contributed by atoms with Gasteiger partial charge in [0.15, 0.2) is 18.1 Å². The lowest BCUT2D eigenvalue weighted by molar-refractivity contribution is -0.147. The summed E-state index contributed by atoms with van der Waals surface area (Å²) in [5, 5.41) is 2.40. The van der Waals surface area contributed by atoms with Gasteiger partial charge in [-0.3, -0.25) is 9.59 Å². The molecule has 0 unspecified atom stereocenters. The van der Waals surface area contributed by atoms with Crippen LogP contribution in [0.5, 0.6) is 11.5 Å². The Kier molecular flexibility index (Phi) is 5.04. The summed E-state index contributed by atoms with van der Waals surface area (Å²) in [6.45, 7) is 0.765. The molecule has 110 valence electrons. The molecular formula is C15H15NO5.